The molecule has 0 bridgehead atoms. The number of carbonyl (C=O) groups excluding carboxylic acids is 1. The molecule has 0 saturated carbocycles. The predicted octanol–water partition coefficient (Wildman–Crippen LogP) is 6.01. The van der Waals surface area contributed by atoms with Crippen molar-refractivity contribution < 1.29 is 4.79 Å². The van der Waals surface area contributed by atoms with Gasteiger partial charge in [-0.05, 0) is 54.1 Å². The van der Waals surface area contributed by atoms with Crippen LogP contribution >= 0.6 is 0 Å². The number of anilines is 4. The van der Waals surface area contributed by atoms with Gasteiger partial charge in [0.2, 0.25) is 0 Å². The molecule has 0 aliphatic carbocycles. The molecule has 0 aromatic heterocycles. The zero-order chi connectivity index (χ0) is 20.3. The molecular formula is C26H21N3O. The summed E-state index contributed by atoms with van der Waals surface area (Å²) in [7, 11) is 0. The minimum absolute atomic E-state index is 0.0615. The van der Waals surface area contributed by atoms with E-state index >= 15 is 0 Å². The van der Waals surface area contributed by atoms with Crippen LogP contribution in [0.2, 0.25) is 0 Å². The van der Waals surface area contributed by atoms with E-state index in [9.17, 15) is 4.79 Å². The second kappa shape index (κ2) is 7.76. The molecule has 30 heavy (non-hydrogen) atoms. The van der Waals surface area contributed by atoms with Gasteiger partial charge in [-0.3, -0.25) is 4.79 Å². The van der Waals surface area contributed by atoms with Crippen molar-refractivity contribution in [2.24, 2.45) is 0 Å². The molecule has 0 saturated heterocycles. The lowest BCUT2D eigenvalue weighted by molar-refractivity contribution is 0.0935. The lowest BCUT2D eigenvalue weighted by Gasteiger charge is -2.29. The number of amides is 1. The first-order chi connectivity index (χ1) is 14.8. The summed E-state index contributed by atoms with van der Waals surface area (Å²) in [6.07, 6.45) is -0.261. The molecule has 0 spiro atoms. The molecule has 146 valence electrons. The molecule has 4 aromatic rings. The number of benzene rings is 4. The van der Waals surface area contributed by atoms with Crippen molar-refractivity contribution in [1.82, 2.24) is 5.32 Å². The SMILES string of the molecule is O=C1NC(c2ccc(N(c3ccccc3)c3ccccc3)cc2)Nc2ccccc21. The molecule has 1 heterocycles. The van der Waals surface area contributed by atoms with Crippen LogP contribution in [0.15, 0.2) is 109 Å². The van der Waals surface area contributed by atoms with E-state index in [1.54, 1.807) is 0 Å². The number of carbonyl (C=O) groups is 1. The molecule has 4 aromatic carbocycles. The van der Waals surface area contributed by atoms with Gasteiger partial charge in [0.25, 0.3) is 5.91 Å². The number of hydrogen-bond acceptors (Lipinski definition) is 3. The second-order valence-corrected chi connectivity index (χ2v) is 7.19. The largest absolute Gasteiger partial charge is 0.361 e. The van der Waals surface area contributed by atoms with Gasteiger partial charge < -0.3 is 15.5 Å². The van der Waals surface area contributed by atoms with E-state index in [0.717, 1.165) is 28.3 Å². The van der Waals surface area contributed by atoms with Gasteiger partial charge in [0.15, 0.2) is 0 Å². The fourth-order valence-electron chi connectivity index (χ4n) is 3.79. The van der Waals surface area contributed by atoms with Crippen LogP contribution < -0.4 is 15.5 Å². The Labute approximate surface area is 175 Å². The first kappa shape index (κ1) is 18.0. The van der Waals surface area contributed by atoms with Gasteiger partial charge >= 0.3 is 0 Å². The lowest BCUT2D eigenvalue weighted by atomic mass is 10.0. The molecule has 4 nitrogen and oxygen atoms in total. The zero-order valence-electron chi connectivity index (χ0n) is 16.3. The van der Waals surface area contributed by atoms with Crippen molar-refractivity contribution in [2.45, 2.75) is 6.17 Å². The number of hydrogen-bond donors (Lipinski definition) is 2. The summed E-state index contributed by atoms with van der Waals surface area (Å²) < 4.78 is 0. The smallest absolute Gasteiger partial charge is 0.255 e. The highest BCUT2D eigenvalue weighted by Crippen LogP contribution is 2.35. The average Bonchev–Trinajstić information content (AvgIpc) is 2.81. The number of nitrogens with one attached hydrogen (secondary N) is 2. The van der Waals surface area contributed by atoms with Crippen LogP contribution in [-0.2, 0) is 0 Å². The van der Waals surface area contributed by atoms with Crippen molar-refractivity contribution in [3.63, 3.8) is 0 Å². The quantitative estimate of drug-likeness (QED) is 0.448. The number of fused-ring (bicyclic) bond motifs is 1. The molecule has 1 amide bonds. The topological polar surface area (TPSA) is 44.4 Å². The average molecular weight is 391 g/mol. The number of nitrogens with zero attached hydrogens (tertiary/aromatic N) is 1. The molecule has 1 aliphatic heterocycles. The summed E-state index contributed by atoms with van der Waals surface area (Å²) >= 11 is 0. The third-order valence-electron chi connectivity index (χ3n) is 5.26. The molecule has 2 N–H and O–H groups in total. The van der Waals surface area contributed by atoms with Crippen LogP contribution in [0.25, 0.3) is 0 Å². The van der Waals surface area contributed by atoms with E-state index in [-0.39, 0.29) is 12.1 Å². The maximum absolute atomic E-state index is 12.5. The second-order valence-electron chi connectivity index (χ2n) is 7.19. The van der Waals surface area contributed by atoms with E-state index in [2.05, 4.69) is 64.1 Å². The monoisotopic (exact) mass is 391 g/mol. The van der Waals surface area contributed by atoms with E-state index in [0.29, 0.717) is 5.56 Å². The fraction of sp³-hybridized carbons (Fsp3) is 0.0385. The normalized spacial score (nSPS) is 14.9. The summed E-state index contributed by atoms with van der Waals surface area (Å²) in [4.78, 5) is 14.7. The summed E-state index contributed by atoms with van der Waals surface area (Å²) in [5.74, 6) is -0.0615. The zero-order valence-corrected chi connectivity index (χ0v) is 16.3. The van der Waals surface area contributed by atoms with Gasteiger partial charge in [-0.25, -0.2) is 0 Å². The Morgan fingerprint density at radius 2 is 1.10 bits per heavy atom. The standard InChI is InChI=1S/C26H21N3O/c30-26-23-13-7-8-14-24(23)27-25(28-26)19-15-17-22(18-16-19)29(20-9-3-1-4-10-20)21-11-5-2-6-12-21/h1-18,25,27H,(H,28,30). The van der Waals surface area contributed by atoms with Crippen LogP contribution in [0, 0.1) is 0 Å². The third-order valence-corrected chi connectivity index (χ3v) is 5.26. The van der Waals surface area contributed by atoms with E-state index in [1.807, 2.05) is 60.7 Å². The summed E-state index contributed by atoms with van der Waals surface area (Å²) in [6, 6.07) is 36.4. The predicted molar refractivity (Wildman–Crippen MR) is 121 cm³/mol. The van der Waals surface area contributed by atoms with Gasteiger partial charge in [-0.1, -0.05) is 60.7 Å². The van der Waals surface area contributed by atoms with Gasteiger partial charge in [-0.2, -0.15) is 0 Å². The van der Waals surface area contributed by atoms with Crippen LogP contribution in [0.5, 0.6) is 0 Å². The molecule has 1 atom stereocenters. The van der Waals surface area contributed by atoms with E-state index in [4.69, 9.17) is 0 Å². The molecule has 0 radical (unpaired) electrons. The minimum atomic E-state index is -0.261. The Balaban J connectivity index is 1.47. The molecular weight excluding hydrogens is 370 g/mol. The number of para-hydroxylation sites is 3. The van der Waals surface area contributed by atoms with Crippen LogP contribution in [0.1, 0.15) is 22.1 Å². The Kier molecular flexibility index (Phi) is 4.66. The molecule has 4 heteroatoms. The molecule has 1 unspecified atom stereocenters. The number of rotatable bonds is 4. The van der Waals surface area contributed by atoms with Gasteiger partial charge in [0.1, 0.15) is 6.17 Å². The summed E-state index contributed by atoms with van der Waals surface area (Å²) in [5.41, 5.74) is 5.76. The van der Waals surface area contributed by atoms with Crippen molar-refractivity contribution in [2.75, 3.05) is 10.2 Å². The van der Waals surface area contributed by atoms with Gasteiger partial charge in [0.05, 0.1) is 5.56 Å². The van der Waals surface area contributed by atoms with Crippen molar-refractivity contribution >= 4 is 28.7 Å². The van der Waals surface area contributed by atoms with Crippen molar-refractivity contribution in [1.29, 1.82) is 0 Å². The molecule has 0 fully saturated rings. The maximum Gasteiger partial charge on any atom is 0.255 e. The van der Waals surface area contributed by atoms with Gasteiger partial charge in [0, 0.05) is 22.7 Å². The van der Waals surface area contributed by atoms with Crippen molar-refractivity contribution in [3.05, 3.63) is 120 Å². The fourth-order valence-corrected chi connectivity index (χ4v) is 3.79. The first-order valence-corrected chi connectivity index (χ1v) is 9.96. The Bertz CT molecular complexity index is 1120. The third kappa shape index (κ3) is 3.40. The molecule has 1 aliphatic rings. The summed E-state index contributed by atoms with van der Waals surface area (Å²) in [5, 5.41) is 6.45. The Morgan fingerprint density at radius 1 is 0.567 bits per heavy atom. The lowest BCUT2D eigenvalue weighted by Crippen LogP contribution is -2.38. The Hall–Kier alpha value is -4.05. The van der Waals surface area contributed by atoms with Crippen LogP contribution in [0.4, 0.5) is 22.7 Å². The van der Waals surface area contributed by atoms with Crippen molar-refractivity contribution in [3.8, 4) is 0 Å². The van der Waals surface area contributed by atoms with Crippen LogP contribution in [0.3, 0.4) is 0 Å². The highest BCUT2D eigenvalue weighted by Gasteiger charge is 2.24. The summed E-state index contributed by atoms with van der Waals surface area (Å²) in [6.45, 7) is 0. The highest BCUT2D eigenvalue weighted by atomic mass is 16.2. The maximum atomic E-state index is 12.5. The minimum Gasteiger partial charge on any atom is -0.361 e. The van der Waals surface area contributed by atoms with Gasteiger partial charge in [-0.15, -0.1) is 0 Å². The first-order valence-electron chi connectivity index (χ1n) is 9.96. The Morgan fingerprint density at radius 3 is 1.73 bits per heavy atom. The molecule has 5 rings (SSSR count). The highest BCUT2D eigenvalue weighted by molar-refractivity contribution is 6.01. The van der Waals surface area contributed by atoms with E-state index < -0.39 is 0 Å². The van der Waals surface area contributed by atoms with Crippen LogP contribution in [-0.4, -0.2) is 5.91 Å². The van der Waals surface area contributed by atoms with E-state index in [1.165, 1.54) is 0 Å².